The number of sulfonamides is 1. The van der Waals surface area contributed by atoms with E-state index in [9.17, 15) is 18.0 Å². The molecule has 2 atom stereocenters. The number of nitrogens with one attached hydrogen (secondary N) is 2. The monoisotopic (exact) mass is 553 g/mol. The molecule has 208 valence electrons. The van der Waals surface area contributed by atoms with E-state index in [4.69, 9.17) is 4.74 Å². The van der Waals surface area contributed by atoms with Crippen LogP contribution in [0.25, 0.3) is 5.65 Å². The normalized spacial score (nSPS) is 22.3. The predicted molar refractivity (Wildman–Crippen MR) is 145 cm³/mol. The summed E-state index contributed by atoms with van der Waals surface area (Å²) in [4.78, 5) is 29.6. The number of piperidine rings is 1. The van der Waals surface area contributed by atoms with Crippen LogP contribution in [0.2, 0.25) is 0 Å². The molecule has 1 aromatic carbocycles. The van der Waals surface area contributed by atoms with Crippen LogP contribution in [0.4, 0.5) is 0 Å². The Balaban J connectivity index is 1.19. The number of hydrogen-bond donors (Lipinski definition) is 2. The zero-order valence-corrected chi connectivity index (χ0v) is 23.3. The highest BCUT2D eigenvalue weighted by Crippen LogP contribution is 2.42. The third-order valence-corrected chi connectivity index (χ3v) is 9.30. The summed E-state index contributed by atoms with van der Waals surface area (Å²) in [5.41, 5.74) is 1.24. The topological polar surface area (TPSA) is 122 Å². The number of benzene rings is 1. The molecule has 2 unspecified atom stereocenters. The van der Waals surface area contributed by atoms with Crippen LogP contribution in [0, 0.1) is 5.41 Å². The molecule has 2 aliphatic rings. The summed E-state index contributed by atoms with van der Waals surface area (Å²) in [6.07, 6.45) is 7.24. The van der Waals surface area contributed by atoms with E-state index in [0.29, 0.717) is 38.0 Å². The average Bonchev–Trinajstić information content (AvgIpc) is 3.54. The molecule has 10 nitrogen and oxygen atoms in total. The van der Waals surface area contributed by atoms with Gasteiger partial charge in [-0.05, 0) is 81.8 Å². The number of fused-ring (bicyclic) bond motifs is 1. The lowest BCUT2D eigenvalue weighted by Gasteiger charge is -2.38. The van der Waals surface area contributed by atoms with Crippen molar-refractivity contribution < 1.29 is 22.7 Å². The van der Waals surface area contributed by atoms with Gasteiger partial charge in [-0.2, -0.15) is 4.31 Å². The molecular weight excluding hydrogens is 518 g/mol. The molecule has 0 radical (unpaired) electrons. The zero-order chi connectivity index (χ0) is 27.8. The van der Waals surface area contributed by atoms with Gasteiger partial charge in [-0.3, -0.25) is 9.59 Å². The Hall–Kier alpha value is -3.28. The highest BCUT2D eigenvalue weighted by atomic mass is 32.2. The molecule has 0 bridgehead atoms. The number of amides is 1. The summed E-state index contributed by atoms with van der Waals surface area (Å²) < 4.78 is 35.8. The molecule has 2 N–H and O–H groups in total. The van der Waals surface area contributed by atoms with Gasteiger partial charge in [0.25, 0.3) is 5.91 Å². The largest absolute Gasteiger partial charge is 0.459 e. The van der Waals surface area contributed by atoms with E-state index in [0.717, 1.165) is 17.6 Å². The molecule has 0 aliphatic carbocycles. The number of rotatable bonds is 6. The van der Waals surface area contributed by atoms with Crippen LogP contribution in [0.1, 0.15) is 56.0 Å². The smallest absolute Gasteiger partial charge is 0.323 e. The summed E-state index contributed by atoms with van der Waals surface area (Å²) >= 11 is 0. The van der Waals surface area contributed by atoms with E-state index >= 15 is 0 Å². The molecule has 1 amide bonds. The van der Waals surface area contributed by atoms with Crippen LogP contribution in [0.3, 0.4) is 0 Å². The first-order chi connectivity index (χ1) is 18.4. The minimum atomic E-state index is -3.69. The van der Waals surface area contributed by atoms with Crippen molar-refractivity contribution in [1.82, 2.24) is 24.3 Å². The predicted octanol–water partition coefficient (Wildman–Crippen LogP) is 2.74. The van der Waals surface area contributed by atoms with Crippen molar-refractivity contribution in [2.75, 3.05) is 19.6 Å². The number of aromatic nitrogens is 2. The Morgan fingerprint density at radius 3 is 2.67 bits per heavy atom. The summed E-state index contributed by atoms with van der Waals surface area (Å²) in [7, 11) is -3.69. The third-order valence-electron chi connectivity index (χ3n) is 7.44. The highest BCUT2D eigenvalue weighted by Gasteiger charge is 2.47. The van der Waals surface area contributed by atoms with Crippen LogP contribution in [0.5, 0.6) is 0 Å². The van der Waals surface area contributed by atoms with Gasteiger partial charge >= 0.3 is 5.97 Å². The van der Waals surface area contributed by atoms with Crippen molar-refractivity contribution in [1.29, 1.82) is 0 Å². The summed E-state index contributed by atoms with van der Waals surface area (Å²) in [6, 6.07) is 9.68. The minimum absolute atomic E-state index is 0.220. The fourth-order valence-electron chi connectivity index (χ4n) is 5.40. The Bertz CT molecular complexity index is 1480. The molecule has 39 heavy (non-hydrogen) atoms. The second-order valence-electron chi connectivity index (χ2n) is 11.5. The number of ether oxygens (including phenoxy) is 1. The van der Waals surface area contributed by atoms with Gasteiger partial charge < -0.3 is 19.8 Å². The van der Waals surface area contributed by atoms with E-state index in [-0.39, 0.29) is 28.7 Å². The SMILES string of the molecule is CC(C)(C)OC(=O)C1CC2(CCN1)CCN(S(=O)(=O)c1ccc(CNC(=O)c3ccc4nccn4c3)cc1)C2. The number of carbonyl (C=O) groups excluding carboxylic acids is 2. The van der Waals surface area contributed by atoms with E-state index in [1.54, 1.807) is 59.4 Å². The van der Waals surface area contributed by atoms with Gasteiger partial charge in [-0.1, -0.05) is 12.1 Å². The molecule has 11 heteroatoms. The molecule has 2 fully saturated rings. The molecular formula is C28H35N5O5S. The molecule has 4 heterocycles. The van der Waals surface area contributed by atoms with E-state index < -0.39 is 21.7 Å². The Kier molecular flexibility index (Phi) is 7.25. The Morgan fingerprint density at radius 2 is 1.92 bits per heavy atom. The highest BCUT2D eigenvalue weighted by molar-refractivity contribution is 7.89. The fraction of sp³-hybridized carbons (Fsp3) is 0.464. The maximum absolute atomic E-state index is 13.5. The van der Waals surface area contributed by atoms with Gasteiger partial charge in [0.1, 0.15) is 17.3 Å². The van der Waals surface area contributed by atoms with Crippen LogP contribution >= 0.6 is 0 Å². The van der Waals surface area contributed by atoms with Crippen LogP contribution < -0.4 is 10.6 Å². The molecule has 3 aromatic rings. The van der Waals surface area contributed by atoms with Crippen molar-refractivity contribution >= 4 is 27.5 Å². The molecule has 1 spiro atoms. The minimum Gasteiger partial charge on any atom is -0.459 e. The first kappa shape index (κ1) is 27.3. The number of imidazole rings is 1. The standard InChI is InChI=1S/C28H35N5O5S/c1-27(2,3)38-26(35)23-16-28(10-12-29-23)11-14-33(19-28)39(36,37)22-7-4-20(5-8-22)17-31-25(34)21-6-9-24-30-13-15-32(24)18-21/h4-9,13,15,18,23,29H,10-12,14,16-17,19H2,1-3H3,(H,31,34). The molecule has 2 aromatic heterocycles. The number of nitrogens with zero attached hydrogens (tertiary/aromatic N) is 3. The molecule has 0 saturated carbocycles. The third kappa shape index (κ3) is 6.00. The van der Waals surface area contributed by atoms with E-state index in [1.165, 1.54) is 4.31 Å². The van der Waals surface area contributed by atoms with Gasteiger partial charge in [-0.25, -0.2) is 13.4 Å². The van der Waals surface area contributed by atoms with Gasteiger partial charge in [0.15, 0.2) is 0 Å². The van der Waals surface area contributed by atoms with Crippen molar-refractivity contribution in [2.24, 2.45) is 5.41 Å². The summed E-state index contributed by atoms with van der Waals surface area (Å²) in [5.74, 6) is -0.510. The lowest BCUT2D eigenvalue weighted by Crippen LogP contribution is -2.51. The average molecular weight is 554 g/mol. The summed E-state index contributed by atoms with van der Waals surface area (Å²) in [6.45, 7) is 7.25. The van der Waals surface area contributed by atoms with Crippen molar-refractivity contribution in [3.8, 4) is 0 Å². The lowest BCUT2D eigenvalue weighted by atomic mass is 9.75. The zero-order valence-electron chi connectivity index (χ0n) is 22.5. The molecule has 2 saturated heterocycles. The second kappa shape index (κ2) is 10.4. The fourth-order valence-corrected chi connectivity index (χ4v) is 6.95. The van der Waals surface area contributed by atoms with Crippen LogP contribution in [-0.2, 0) is 26.1 Å². The maximum atomic E-state index is 13.5. The van der Waals surface area contributed by atoms with Crippen molar-refractivity contribution in [2.45, 2.75) is 63.1 Å². The Morgan fingerprint density at radius 1 is 1.15 bits per heavy atom. The number of esters is 1. The maximum Gasteiger partial charge on any atom is 0.323 e. The summed E-state index contributed by atoms with van der Waals surface area (Å²) in [5, 5.41) is 6.12. The molecule has 2 aliphatic heterocycles. The van der Waals surface area contributed by atoms with Crippen molar-refractivity contribution in [3.05, 3.63) is 66.1 Å². The van der Waals surface area contributed by atoms with Crippen molar-refractivity contribution in [3.63, 3.8) is 0 Å². The van der Waals surface area contributed by atoms with Gasteiger partial charge in [0, 0.05) is 38.2 Å². The van der Waals surface area contributed by atoms with Gasteiger partial charge in [0.2, 0.25) is 10.0 Å². The van der Waals surface area contributed by atoms with E-state index in [1.807, 2.05) is 20.8 Å². The molecule has 5 rings (SSSR count). The Labute approximate surface area is 228 Å². The van der Waals surface area contributed by atoms with Gasteiger partial charge in [0.05, 0.1) is 10.5 Å². The lowest BCUT2D eigenvalue weighted by molar-refractivity contribution is -0.159. The quantitative estimate of drug-likeness (QED) is 0.450. The first-order valence-electron chi connectivity index (χ1n) is 13.2. The second-order valence-corrected chi connectivity index (χ2v) is 13.5. The number of hydrogen-bond acceptors (Lipinski definition) is 7. The van der Waals surface area contributed by atoms with Gasteiger partial charge in [-0.15, -0.1) is 0 Å². The number of pyridine rings is 1. The van der Waals surface area contributed by atoms with Crippen LogP contribution in [-0.4, -0.2) is 65.3 Å². The first-order valence-corrected chi connectivity index (χ1v) is 14.6. The number of carbonyl (C=O) groups is 2. The van der Waals surface area contributed by atoms with Crippen LogP contribution in [0.15, 0.2) is 59.9 Å². The van der Waals surface area contributed by atoms with E-state index in [2.05, 4.69) is 15.6 Å².